The number of benzene rings is 1. The zero-order valence-corrected chi connectivity index (χ0v) is 18.7. The van der Waals surface area contributed by atoms with E-state index in [1.165, 1.54) is 18.2 Å². The number of para-hydroxylation sites is 1. The molecule has 0 atom stereocenters. The summed E-state index contributed by atoms with van der Waals surface area (Å²) in [6, 6.07) is 5.64. The van der Waals surface area contributed by atoms with Crippen molar-refractivity contribution in [2.75, 3.05) is 0 Å². The number of carbonyl (C=O) groups excluding carboxylic acids is 4. The van der Waals surface area contributed by atoms with Crippen molar-refractivity contribution < 1.29 is 88.8 Å². The van der Waals surface area contributed by atoms with E-state index in [1.54, 1.807) is 6.07 Å². The van der Waals surface area contributed by atoms with Gasteiger partial charge in [-0.1, -0.05) is 12.1 Å². The average Bonchev–Trinajstić information content (AvgIpc) is 2.37. The SMILES string of the molecule is O=C([O-])CC(O)(CC(=O)[O-])C(=O)[O-].O=C([O-])c1ccccc1O.[Zn+2].[Zn+2]. The summed E-state index contributed by atoms with van der Waals surface area (Å²) in [5.74, 6) is -7.61. The smallest absolute Gasteiger partial charge is 0.550 e. The molecule has 0 bridgehead atoms. The fourth-order valence-corrected chi connectivity index (χ4v) is 1.33. The van der Waals surface area contributed by atoms with Crippen molar-refractivity contribution in [3.63, 3.8) is 0 Å². The molecule has 0 saturated carbocycles. The van der Waals surface area contributed by atoms with E-state index in [4.69, 9.17) is 10.2 Å². The Balaban J connectivity index is -0.000000367. The first-order valence-electron chi connectivity index (χ1n) is 5.82. The molecule has 1 rings (SSSR count). The molecule has 0 amide bonds. The summed E-state index contributed by atoms with van der Waals surface area (Å²) in [5, 5.41) is 57.9. The second-order valence-electron chi connectivity index (χ2n) is 4.22. The molecule has 126 valence electrons. The number of hydrogen-bond acceptors (Lipinski definition) is 10. The Morgan fingerprint density at radius 1 is 0.880 bits per heavy atom. The van der Waals surface area contributed by atoms with E-state index in [9.17, 15) is 39.6 Å². The number of carbonyl (C=O) groups is 4. The number of phenols is 1. The van der Waals surface area contributed by atoms with Gasteiger partial charge in [0, 0.05) is 30.3 Å². The fourth-order valence-electron chi connectivity index (χ4n) is 1.33. The number of carboxylic acids is 4. The third-order valence-electron chi connectivity index (χ3n) is 2.38. The molecule has 0 spiro atoms. The van der Waals surface area contributed by atoms with Crippen molar-refractivity contribution >= 4 is 23.9 Å². The summed E-state index contributed by atoms with van der Waals surface area (Å²) < 4.78 is 0. The third-order valence-corrected chi connectivity index (χ3v) is 2.38. The van der Waals surface area contributed by atoms with Crippen LogP contribution in [0.5, 0.6) is 5.75 Å². The van der Waals surface area contributed by atoms with E-state index in [1.807, 2.05) is 0 Å². The van der Waals surface area contributed by atoms with Crippen molar-refractivity contribution in [1.29, 1.82) is 0 Å². The van der Waals surface area contributed by atoms with Crippen LogP contribution >= 0.6 is 0 Å². The van der Waals surface area contributed by atoms with Crippen LogP contribution in [-0.4, -0.2) is 39.7 Å². The molecule has 10 nitrogen and oxygen atoms in total. The molecule has 2 N–H and O–H groups in total. The molecule has 0 unspecified atom stereocenters. The van der Waals surface area contributed by atoms with Gasteiger partial charge in [-0.2, -0.15) is 0 Å². The van der Waals surface area contributed by atoms with E-state index in [2.05, 4.69) is 0 Å². The molecule has 1 aromatic rings. The molecule has 0 aromatic heterocycles. The van der Waals surface area contributed by atoms with Crippen molar-refractivity contribution in [2.45, 2.75) is 18.4 Å². The minimum absolute atomic E-state index is 0. The first-order valence-corrected chi connectivity index (χ1v) is 5.82. The Labute approximate surface area is 166 Å². The normalized spacial score (nSPS) is 9.32. The summed E-state index contributed by atoms with van der Waals surface area (Å²) in [6.07, 6.45) is -2.72. The Bertz CT molecular complexity index is 601. The van der Waals surface area contributed by atoms with Crippen LogP contribution in [0.1, 0.15) is 23.2 Å². The topological polar surface area (TPSA) is 201 Å². The first kappa shape index (κ1) is 27.9. The standard InChI is InChI=1S/C7H6O3.C6H8O7.2Zn/c8-6-4-2-1-3-5(6)7(9)10;7-3(8)1-6(13,5(11)12)2-4(9)10;;/h1-4,8H,(H,9,10);13H,1-2H2,(H,7,8)(H,9,10)(H,11,12);;/q;;2*+2/p-4. The van der Waals surface area contributed by atoms with Crippen molar-refractivity contribution in [3.05, 3.63) is 29.8 Å². The second kappa shape index (κ2) is 12.5. The number of aromatic hydroxyl groups is 1. The molecular formula is C13H10O10Zn2. The molecule has 12 heteroatoms. The number of rotatable bonds is 6. The summed E-state index contributed by atoms with van der Waals surface area (Å²) >= 11 is 0. The van der Waals surface area contributed by atoms with Gasteiger partial charge in [-0.3, -0.25) is 0 Å². The van der Waals surface area contributed by atoms with Gasteiger partial charge in [0.15, 0.2) is 0 Å². The Kier molecular flexibility index (Phi) is 13.9. The summed E-state index contributed by atoms with van der Waals surface area (Å²) in [4.78, 5) is 40.2. The van der Waals surface area contributed by atoms with Crippen LogP contribution < -0.4 is 20.4 Å². The van der Waals surface area contributed by atoms with E-state index in [0.717, 1.165) is 0 Å². The van der Waals surface area contributed by atoms with Gasteiger partial charge >= 0.3 is 39.0 Å². The summed E-state index contributed by atoms with van der Waals surface area (Å²) in [6.45, 7) is 0. The predicted octanol–water partition coefficient (Wildman–Crippen LogP) is -5.50. The van der Waals surface area contributed by atoms with Crippen LogP contribution in [-0.2, 0) is 53.3 Å². The largest absolute Gasteiger partial charge is 2.00 e. The minimum Gasteiger partial charge on any atom is -0.550 e. The first-order chi connectivity index (χ1) is 10.5. The van der Waals surface area contributed by atoms with E-state index < -0.39 is 42.3 Å². The zero-order valence-electron chi connectivity index (χ0n) is 12.8. The molecule has 0 saturated heterocycles. The number of aliphatic hydroxyl groups is 1. The number of aromatic carboxylic acids is 1. The van der Waals surface area contributed by atoms with Gasteiger partial charge < -0.3 is 49.8 Å². The van der Waals surface area contributed by atoms with Crippen LogP contribution in [0.25, 0.3) is 0 Å². The molecule has 25 heavy (non-hydrogen) atoms. The number of carboxylic acid groups (broad SMARTS) is 4. The second-order valence-corrected chi connectivity index (χ2v) is 4.22. The van der Waals surface area contributed by atoms with E-state index >= 15 is 0 Å². The van der Waals surface area contributed by atoms with Gasteiger partial charge in [0.2, 0.25) is 0 Å². The van der Waals surface area contributed by atoms with Gasteiger partial charge in [0.1, 0.15) is 11.4 Å². The van der Waals surface area contributed by atoms with E-state index in [0.29, 0.717) is 0 Å². The molecule has 0 fully saturated rings. The maximum atomic E-state index is 10.2. The van der Waals surface area contributed by atoms with Gasteiger partial charge in [-0.05, 0) is 12.1 Å². The monoisotopic (exact) mass is 454 g/mol. The molecule has 0 aliphatic heterocycles. The molecular weight excluding hydrogens is 447 g/mol. The maximum Gasteiger partial charge on any atom is 2.00 e. The summed E-state index contributed by atoms with van der Waals surface area (Å²) in [7, 11) is 0. The molecule has 0 heterocycles. The zero-order chi connectivity index (χ0) is 18.2. The minimum atomic E-state index is -2.97. The van der Waals surface area contributed by atoms with Gasteiger partial charge in [-0.15, -0.1) is 0 Å². The van der Waals surface area contributed by atoms with Crippen molar-refractivity contribution in [2.24, 2.45) is 0 Å². The van der Waals surface area contributed by atoms with Crippen LogP contribution in [0.15, 0.2) is 24.3 Å². The molecule has 0 aliphatic rings. The van der Waals surface area contributed by atoms with Crippen LogP contribution in [0.2, 0.25) is 0 Å². The molecule has 0 aliphatic carbocycles. The molecule has 0 radical (unpaired) electrons. The summed E-state index contributed by atoms with van der Waals surface area (Å²) in [5.41, 5.74) is -3.15. The number of aliphatic carboxylic acids is 3. The number of hydrogen-bond donors (Lipinski definition) is 2. The van der Waals surface area contributed by atoms with Crippen LogP contribution in [0.4, 0.5) is 0 Å². The quantitative estimate of drug-likeness (QED) is 0.388. The maximum absolute atomic E-state index is 10.2. The van der Waals surface area contributed by atoms with Gasteiger partial charge in [-0.25, -0.2) is 0 Å². The fraction of sp³-hybridized carbons (Fsp3) is 0.231. The molecule has 1 aromatic carbocycles. The van der Waals surface area contributed by atoms with Gasteiger partial charge in [0.25, 0.3) is 0 Å². The Morgan fingerprint density at radius 2 is 1.28 bits per heavy atom. The van der Waals surface area contributed by atoms with Crippen molar-refractivity contribution in [1.82, 2.24) is 0 Å². The predicted molar refractivity (Wildman–Crippen MR) is 61.6 cm³/mol. The van der Waals surface area contributed by atoms with Gasteiger partial charge in [0.05, 0.1) is 11.9 Å². The van der Waals surface area contributed by atoms with Crippen LogP contribution in [0, 0.1) is 0 Å². The Hall–Kier alpha value is -1.89. The third kappa shape index (κ3) is 10.5. The van der Waals surface area contributed by atoms with Crippen LogP contribution in [0.3, 0.4) is 0 Å². The average molecular weight is 457 g/mol. The Morgan fingerprint density at radius 3 is 1.52 bits per heavy atom. The van der Waals surface area contributed by atoms with E-state index in [-0.39, 0.29) is 50.3 Å². The van der Waals surface area contributed by atoms with Crippen molar-refractivity contribution in [3.8, 4) is 5.75 Å².